The summed E-state index contributed by atoms with van der Waals surface area (Å²) in [5, 5.41) is 15.9. The van der Waals surface area contributed by atoms with Crippen molar-refractivity contribution in [3.05, 3.63) is 140 Å². The maximum atomic E-state index is 10.8. The van der Waals surface area contributed by atoms with Crippen molar-refractivity contribution in [2.24, 2.45) is 0 Å². The molecule has 162 valence electrons. The second-order valence-electron chi connectivity index (χ2n) is 7.71. The molecule has 0 bridgehead atoms. The van der Waals surface area contributed by atoms with E-state index in [-0.39, 0.29) is 24.0 Å². The summed E-state index contributed by atoms with van der Waals surface area (Å²) in [6, 6.07) is 48.6. The Balaban J connectivity index is 0.00000259. The number of phenols is 1. The number of para-hydroxylation sites is 1. The van der Waals surface area contributed by atoms with E-state index in [0.717, 1.165) is 11.1 Å². The van der Waals surface area contributed by atoms with Crippen LogP contribution in [0.5, 0.6) is 5.75 Å². The maximum Gasteiger partial charge on any atom is 0.144 e. The first-order chi connectivity index (χ1) is 15.8. The van der Waals surface area contributed by atoms with E-state index < -0.39 is 7.26 Å². The van der Waals surface area contributed by atoms with Gasteiger partial charge in [0.05, 0.1) is 0 Å². The molecule has 0 amide bonds. The molecule has 5 rings (SSSR count). The summed E-state index contributed by atoms with van der Waals surface area (Å²) < 4.78 is 0. The van der Waals surface area contributed by atoms with Crippen molar-refractivity contribution < 1.29 is 29.1 Å². The van der Waals surface area contributed by atoms with E-state index in [1.807, 2.05) is 18.2 Å². The third-order valence-corrected chi connectivity index (χ3v) is 10.2. The predicted octanol–water partition coefficient (Wildman–Crippen LogP) is 2.68. The number of benzene rings is 5. The van der Waals surface area contributed by atoms with Crippen molar-refractivity contribution >= 4 is 28.5 Å². The number of rotatable bonds is 5. The smallest absolute Gasteiger partial charge is 0.144 e. The van der Waals surface area contributed by atoms with Gasteiger partial charge in [0.2, 0.25) is 0 Å². The molecule has 3 heteroatoms. The fraction of sp³-hybridized carbons (Fsp3) is 0. The number of aromatic hydroxyl groups is 1. The van der Waals surface area contributed by atoms with E-state index in [1.54, 1.807) is 6.07 Å². The number of hydrogen-bond acceptors (Lipinski definition) is 1. The molecule has 0 heterocycles. The van der Waals surface area contributed by atoms with Gasteiger partial charge in [0.25, 0.3) is 0 Å². The summed E-state index contributed by atoms with van der Waals surface area (Å²) in [5.74, 6) is 0.298. The second-order valence-corrected chi connectivity index (χ2v) is 11.1. The third kappa shape index (κ3) is 4.21. The molecule has 0 radical (unpaired) electrons. The second kappa shape index (κ2) is 10.3. The van der Waals surface area contributed by atoms with Crippen molar-refractivity contribution in [3.8, 4) is 16.9 Å². The average Bonchev–Trinajstić information content (AvgIpc) is 2.87. The monoisotopic (exact) mass is 558 g/mol. The number of hydrogen-bond donors (Lipinski definition) is 1. The van der Waals surface area contributed by atoms with E-state index in [2.05, 4.69) is 115 Å². The molecule has 0 aliphatic rings. The first kappa shape index (κ1) is 23.2. The van der Waals surface area contributed by atoms with E-state index in [4.69, 9.17) is 0 Å². The lowest BCUT2D eigenvalue weighted by Crippen LogP contribution is -3.00. The summed E-state index contributed by atoms with van der Waals surface area (Å²) in [6.45, 7) is 0. The lowest BCUT2D eigenvalue weighted by Gasteiger charge is -2.29. The van der Waals surface area contributed by atoms with Gasteiger partial charge in [-0.3, -0.25) is 0 Å². The highest BCUT2D eigenvalue weighted by Gasteiger charge is 2.49. The van der Waals surface area contributed by atoms with Crippen LogP contribution in [0, 0.1) is 0 Å². The summed E-state index contributed by atoms with van der Waals surface area (Å²) >= 11 is 0. The van der Waals surface area contributed by atoms with Gasteiger partial charge in [-0.2, -0.15) is 0 Å². The molecular formula is C30H24IOP. The van der Waals surface area contributed by atoms with E-state index in [1.165, 1.54) is 21.2 Å². The Morgan fingerprint density at radius 2 is 0.758 bits per heavy atom. The highest BCUT2D eigenvalue weighted by atomic mass is 127. The van der Waals surface area contributed by atoms with Crippen LogP contribution < -0.4 is 45.2 Å². The Morgan fingerprint density at radius 3 is 1.21 bits per heavy atom. The third-order valence-electron chi connectivity index (χ3n) is 5.89. The van der Waals surface area contributed by atoms with Gasteiger partial charge < -0.3 is 29.1 Å². The van der Waals surface area contributed by atoms with Crippen LogP contribution in [-0.2, 0) is 0 Å². The minimum Gasteiger partial charge on any atom is -1.00 e. The molecular weight excluding hydrogens is 534 g/mol. The van der Waals surface area contributed by atoms with Crippen LogP contribution in [0.2, 0.25) is 0 Å². The topological polar surface area (TPSA) is 20.2 Å². The average molecular weight is 558 g/mol. The van der Waals surface area contributed by atoms with Crippen LogP contribution in [-0.4, -0.2) is 5.11 Å². The molecule has 0 aliphatic carbocycles. The fourth-order valence-corrected chi connectivity index (χ4v) is 8.97. The lowest BCUT2D eigenvalue weighted by molar-refractivity contribution is -0.00000703. The Labute approximate surface area is 213 Å². The summed E-state index contributed by atoms with van der Waals surface area (Å²) in [4.78, 5) is 0. The van der Waals surface area contributed by atoms with E-state index in [9.17, 15) is 5.11 Å². The zero-order valence-corrected chi connectivity index (χ0v) is 21.1. The van der Waals surface area contributed by atoms with E-state index >= 15 is 0 Å². The van der Waals surface area contributed by atoms with Crippen molar-refractivity contribution in [1.82, 2.24) is 0 Å². The molecule has 0 spiro atoms. The highest BCUT2D eigenvalue weighted by Crippen LogP contribution is 2.56. The lowest BCUT2D eigenvalue weighted by atomic mass is 10.0. The highest BCUT2D eigenvalue weighted by molar-refractivity contribution is 8.01. The van der Waals surface area contributed by atoms with Gasteiger partial charge in [0.1, 0.15) is 34.2 Å². The molecule has 0 fully saturated rings. The molecule has 0 aliphatic heterocycles. The molecule has 1 N–H and O–H groups in total. The molecule has 5 aromatic carbocycles. The molecule has 5 aromatic rings. The zero-order chi connectivity index (χ0) is 21.8. The number of phenolic OH excluding ortho intramolecular Hbond substituents is 1. The van der Waals surface area contributed by atoms with Crippen LogP contribution in [0.1, 0.15) is 0 Å². The Morgan fingerprint density at radius 1 is 0.394 bits per heavy atom. The van der Waals surface area contributed by atoms with Gasteiger partial charge in [0, 0.05) is 11.1 Å². The first-order valence-electron chi connectivity index (χ1n) is 10.8. The molecule has 0 unspecified atom stereocenters. The van der Waals surface area contributed by atoms with Gasteiger partial charge in [-0.05, 0) is 48.5 Å². The maximum absolute atomic E-state index is 10.8. The molecule has 33 heavy (non-hydrogen) atoms. The summed E-state index contributed by atoms with van der Waals surface area (Å²) in [6.07, 6.45) is 0. The SMILES string of the molecule is Oc1ccccc1-c1ccccc1[P+](c1ccccc1)(c1ccccc1)c1ccccc1.[I-]. The quantitative estimate of drug-likeness (QED) is 0.260. The Bertz CT molecular complexity index is 1220. The molecule has 0 saturated heterocycles. The zero-order valence-electron chi connectivity index (χ0n) is 18.1. The van der Waals surface area contributed by atoms with Crippen molar-refractivity contribution in [2.75, 3.05) is 0 Å². The van der Waals surface area contributed by atoms with Crippen LogP contribution in [0.3, 0.4) is 0 Å². The molecule has 0 atom stereocenters. The van der Waals surface area contributed by atoms with Crippen molar-refractivity contribution in [1.29, 1.82) is 0 Å². The van der Waals surface area contributed by atoms with Gasteiger partial charge in [-0.25, -0.2) is 0 Å². The van der Waals surface area contributed by atoms with Gasteiger partial charge >= 0.3 is 0 Å². The standard InChI is InChI=1S/C30H23OP.HI/c31-29-22-12-10-20-27(29)28-21-11-13-23-30(28)32(24-14-4-1-5-15-24,25-16-6-2-7-17-25)26-18-8-3-9-19-26;/h1-23H;1H. The fourth-order valence-electron chi connectivity index (χ4n) is 4.51. The predicted molar refractivity (Wildman–Crippen MR) is 138 cm³/mol. The van der Waals surface area contributed by atoms with Crippen molar-refractivity contribution in [3.63, 3.8) is 0 Å². The van der Waals surface area contributed by atoms with Gasteiger partial charge in [-0.15, -0.1) is 0 Å². The van der Waals surface area contributed by atoms with Gasteiger partial charge in [0.15, 0.2) is 0 Å². The molecule has 1 nitrogen and oxygen atoms in total. The minimum atomic E-state index is -2.24. The van der Waals surface area contributed by atoms with Crippen LogP contribution in [0.25, 0.3) is 11.1 Å². The molecule has 0 saturated carbocycles. The Hall–Kier alpha value is -2.94. The minimum absolute atomic E-state index is 0. The normalized spacial score (nSPS) is 10.9. The van der Waals surface area contributed by atoms with Crippen LogP contribution >= 0.6 is 7.26 Å². The van der Waals surface area contributed by atoms with Crippen LogP contribution in [0.4, 0.5) is 0 Å². The Kier molecular flexibility index (Phi) is 7.27. The summed E-state index contributed by atoms with van der Waals surface area (Å²) in [5.41, 5.74) is 1.92. The van der Waals surface area contributed by atoms with Crippen molar-refractivity contribution in [2.45, 2.75) is 0 Å². The van der Waals surface area contributed by atoms with Crippen LogP contribution in [0.15, 0.2) is 140 Å². The number of halogens is 1. The summed E-state index contributed by atoms with van der Waals surface area (Å²) in [7, 11) is -2.24. The first-order valence-corrected chi connectivity index (χ1v) is 12.5. The largest absolute Gasteiger partial charge is 1.00 e. The van der Waals surface area contributed by atoms with Gasteiger partial charge in [-0.1, -0.05) is 91.0 Å². The van der Waals surface area contributed by atoms with E-state index in [0.29, 0.717) is 5.75 Å². The molecule has 0 aromatic heterocycles.